The third-order valence-corrected chi connectivity index (χ3v) is 6.28. The molecule has 7 heteroatoms. The van der Waals surface area contributed by atoms with Crippen molar-refractivity contribution in [2.75, 3.05) is 10.6 Å². The second-order valence-electron chi connectivity index (χ2n) is 7.11. The lowest BCUT2D eigenvalue weighted by atomic mass is 9.87. The molecule has 5 nitrogen and oxygen atoms in total. The largest absolute Gasteiger partial charge is 0.347 e. The molecule has 2 atom stereocenters. The number of nitrogens with one attached hydrogen (secondary N) is 1. The number of hydrogen-bond acceptors (Lipinski definition) is 3. The van der Waals surface area contributed by atoms with Crippen molar-refractivity contribution in [1.82, 2.24) is 5.32 Å². The molecule has 0 unspecified atom stereocenters. The highest BCUT2D eigenvalue weighted by Crippen LogP contribution is 2.30. The van der Waals surface area contributed by atoms with Crippen molar-refractivity contribution in [1.29, 1.82) is 0 Å². The zero-order valence-corrected chi connectivity index (χ0v) is 16.9. The lowest BCUT2D eigenvalue weighted by molar-refractivity contribution is -0.123. The molecule has 150 valence electrons. The van der Waals surface area contributed by atoms with E-state index in [-0.39, 0.29) is 17.6 Å². The van der Waals surface area contributed by atoms with Crippen molar-refractivity contribution >= 4 is 21.6 Å². The molecule has 1 amide bonds. The third-order valence-electron chi connectivity index (χ3n) is 5.10. The monoisotopic (exact) mass is 404 g/mol. The van der Waals surface area contributed by atoms with E-state index < -0.39 is 21.9 Å². The number of rotatable bonds is 6. The average Bonchev–Trinajstić information content (AvgIpc) is 2.66. The number of sulfonamides is 1. The Balaban J connectivity index is 1.88. The average molecular weight is 405 g/mol. The topological polar surface area (TPSA) is 66.5 Å². The minimum atomic E-state index is -3.74. The fourth-order valence-electron chi connectivity index (χ4n) is 3.82. The van der Waals surface area contributed by atoms with Gasteiger partial charge in [-0.05, 0) is 61.1 Å². The van der Waals surface area contributed by atoms with Crippen LogP contribution < -0.4 is 9.62 Å². The number of carbonyl (C=O) groups excluding carboxylic acids is 1. The third kappa shape index (κ3) is 4.35. The molecule has 0 bridgehead atoms. The summed E-state index contributed by atoms with van der Waals surface area (Å²) in [5, 5.41) is 3.04. The molecule has 0 saturated heterocycles. The lowest BCUT2D eigenvalue weighted by Crippen LogP contribution is -2.50. The molecule has 1 N–H and O–H groups in total. The Labute approximate surface area is 165 Å². The first-order valence-corrected chi connectivity index (χ1v) is 11.3. The Morgan fingerprint density at radius 3 is 2.54 bits per heavy atom. The number of benzene rings is 2. The second-order valence-corrected chi connectivity index (χ2v) is 8.97. The lowest BCUT2D eigenvalue weighted by Gasteiger charge is -2.33. The summed E-state index contributed by atoms with van der Waals surface area (Å²) in [6, 6.07) is 12.1. The zero-order valence-electron chi connectivity index (χ0n) is 16.1. The maximum Gasteiger partial charge on any atom is 0.244 e. The van der Waals surface area contributed by atoms with E-state index in [1.807, 2.05) is 18.2 Å². The highest BCUT2D eigenvalue weighted by atomic mass is 32.2. The van der Waals surface area contributed by atoms with Gasteiger partial charge in [-0.25, -0.2) is 12.8 Å². The van der Waals surface area contributed by atoms with Gasteiger partial charge in [0.15, 0.2) is 0 Å². The van der Waals surface area contributed by atoms with Crippen LogP contribution >= 0.6 is 0 Å². The summed E-state index contributed by atoms with van der Waals surface area (Å²) in [7, 11) is -3.74. The number of hydrogen-bond donors (Lipinski definition) is 1. The van der Waals surface area contributed by atoms with Crippen LogP contribution in [0.4, 0.5) is 10.1 Å². The van der Waals surface area contributed by atoms with Crippen LogP contribution in [0.5, 0.6) is 0 Å². The predicted molar refractivity (Wildman–Crippen MR) is 108 cm³/mol. The van der Waals surface area contributed by atoms with Gasteiger partial charge in [0, 0.05) is 0 Å². The van der Waals surface area contributed by atoms with E-state index >= 15 is 0 Å². The van der Waals surface area contributed by atoms with Gasteiger partial charge in [0.05, 0.1) is 18.0 Å². The van der Waals surface area contributed by atoms with Crippen LogP contribution in [-0.4, -0.2) is 26.6 Å². The molecule has 2 aromatic carbocycles. The van der Waals surface area contributed by atoms with Crippen molar-refractivity contribution in [2.24, 2.45) is 0 Å². The number of anilines is 1. The molecule has 3 rings (SSSR count). The van der Waals surface area contributed by atoms with Gasteiger partial charge in [-0.2, -0.15) is 0 Å². The van der Waals surface area contributed by atoms with Crippen molar-refractivity contribution < 1.29 is 17.6 Å². The van der Waals surface area contributed by atoms with E-state index in [1.165, 1.54) is 29.8 Å². The quantitative estimate of drug-likeness (QED) is 0.801. The Morgan fingerprint density at radius 2 is 1.89 bits per heavy atom. The van der Waals surface area contributed by atoms with Gasteiger partial charge in [-0.1, -0.05) is 31.2 Å². The number of halogens is 1. The standard InChI is InChI=1S/C21H25FN2O3S/c1-3-20(24(28(2,26)27)17-13-11-16(22)12-14-17)21(25)23-19-10-6-8-15-7-4-5-9-18(15)19/h4-5,7,9,11-14,19-20H,3,6,8,10H2,1-2H3,(H,23,25)/t19-,20-/m1/s1. The Bertz CT molecular complexity index is 944. The fourth-order valence-corrected chi connectivity index (χ4v) is 5.03. The first-order chi connectivity index (χ1) is 13.3. The molecule has 1 aliphatic rings. The summed E-state index contributed by atoms with van der Waals surface area (Å²) < 4.78 is 39.3. The van der Waals surface area contributed by atoms with Crippen molar-refractivity contribution in [3.63, 3.8) is 0 Å². The first-order valence-electron chi connectivity index (χ1n) is 9.44. The van der Waals surface area contributed by atoms with Crippen LogP contribution in [0.2, 0.25) is 0 Å². The van der Waals surface area contributed by atoms with Crippen LogP contribution in [0.1, 0.15) is 43.4 Å². The Morgan fingerprint density at radius 1 is 1.21 bits per heavy atom. The Kier molecular flexibility index (Phi) is 6.03. The van der Waals surface area contributed by atoms with Crippen LogP contribution in [0.25, 0.3) is 0 Å². The number of nitrogens with zero attached hydrogens (tertiary/aromatic N) is 1. The van der Waals surface area contributed by atoms with E-state index in [0.29, 0.717) is 6.42 Å². The predicted octanol–water partition coefficient (Wildman–Crippen LogP) is 3.56. The highest BCUT2D eigenvalue weighted by molar-refractivity contribution is 7.92. The minimum absolute atomic E-state index is 0.138. The van der Waals surface area contributed by atoms with Crippen LogP contribution in [0.15, 0.2) is 48.5 Å². The van der Waals surface area contributed by atoms with Crippen molar-refractivity contribution in [3.8, 4) is 0 Å². The maximum absolute atomic E-state index is 13.3. The van der Waals surface area contributed by atoms with Crippen LogP contribution in [-0.2, 0) is 21.2 Å². The summed E-state index contributed by atoms with van der Waals surface area (Å²) >= 11 is 0. The first kappa shape index (κ1) is 20.3. The van der Waals surface area contributed by atoms with Gasteiger partial charge in [-0.3, -0.25) is 9.10 Å². The number of aryl methyl sites for hydroxylation is 1. The number of amides is 1. The van der Waals surface area contributed by atoms with Gasteiger partial charge >= 0.3 is 0 Å². The van der Waals surface area contributed by atoms with Crippen molar-refractivity contribution in [2.45, 2.75) is 44.7 Å². The summed E-state index contributed by atoms with van der Waals surface area (Å²) in [6.07, 6.45) is 4.11. The zero-order chi connectivity index (χ0) is 20.3. The van der Waals surface area contributed by atoms with E-state index in [9.17, 15) is 17.6 Å². The molecular weight excluding hydrogens is 379 g/mol. The smallest absolute Gasteiger partial charge is 0.244 e. The Hall–Kier alpha value is -2.41. The normalized spacial score (nSPS) is 17.5. The van der Waals surface area contributed by atoms with Gasteiger partial charge < -0.3 is 5.32 Å². The van der Waals surface area contributed by atoms with E-state index in [1.54, 1.807) is 6.92 Å². The van der Waals surface area contributed by atoms with Gasteiger partial charge in [0.2, 0.25) is 15.9 Å². The molecule has 0 saturated carbocycles. The molecule has 2 aromatic rings. The van der Waals surface area contributed by atoms with Gasteiger partial charge in [0.25, 0.3) is 0 Å². The van der Waals surface area contributed by atoms with Gasteiger partial charge in [0.1, 0.15) is 11.9 Å². The van der Waals surface area contributed by atoms with Crippen LogP contribution in [0.3, 0.4) is 0 Å². The minimum Gasteiger partial charge on any atom is -0.347 e. The van der Waals surface area contributed by atoms with E-state index in [2.05, 4.69) is 11.4 Å². The summed E-state index contributed by atoms with van der Waals surface area (Å²) in [5.41, 5.74) is 2.57. The number of carbonyl (C=O) groups is 1. The highest BCUT2D eigenvalue weighted by Gasteiger charge is 2.33. The summed E-state index contributed by atoms with van der Waals surface area (Å²) in [5.74, 6) is -0.813. The van der Waals surface area contributed by atoms with Crippen molar-refractivity contribution in [3.05, 3.63) is 65.5 Å². The summed E-state index contributed by atoms with van der Waals surface area (Å²) in [4.78, 5) is 13.1. The second kappa shape index (κ2) is 8.31. The molecular formula is C21H25FN2O3S. The van der Waals surface area contributed by atoms with E-state index in [0.717, 1.165) is 35.4 Å². The molecule has 0 aliphatic heterocycles. The SMILES string of the molecule is CC[C@H](C(=O)N[C@@H]1CCCc2ccccc21)N(c1ccc(F)cc1)S(C)(=O)=O. The van der Waals surface area contributed by atoms with E-state index in [4.69, 9.17) is 0 Å². The summed E-state index contributed by atoms with van der Waals surface area (Å²) in [6.45, 7) is 1.76. The molecule has 0 spiro atoms. The van der Waals surface area contributed by atoms with Gasteiger partial charge in [-0.15, -0.1) is 0 Å². The molecule has 0 aromatic heterocycles. The van der Waals surface area contributed by atoms with Crippen LogP contribution in [0, 0.1) is 5.82 Å². The number of fused-ring (bicyclic) bond motifs is 1. The molecule has 28 heavy (non-hydrogen) atoms. The molecule has 1 aliphatic carbocycles. The molecule has 0 heterocycles. The molecule has 0 radical (unpaired) electrons. The maximum atomic E-state index is 13.3. The fraction of sp³-hybridized carbons (Fsp3) is 0.381. The molecule has 0 fully saturated rings.